The van der Waals surface area contributed by atoms with Crippen LogP contribution in [-0.4, -0.2) is 12.1 Å². The highest BCUT2D eigenvalue weighted by molar-refractivity contribution is 5.81. The summed E-state index contributed by atoms with van der Waals surface area (Å²) in [6.07, 6.45) is -4.85. The third-order valence-corrected chi connectivity index (χ3v) is 2.04. The van der Waals surface area contributed by atoms with Crippen LogP contribution >= 0.6 is 0 Å². The lowest BCUT2D eigenvalue weighted by atomic mass is 10.1. The van der Waals surface area contributed by atoms with Crippen LogP contribution in [0.25, 0.3) is 0 Å². The van der Waals surface area contributed by atoms with Crippen LogP contribution in [0.4, 0.5) is 13.2 Å². The lowest BCUT2D eigenvalue weighted by Crippen LogP contribution is -2.36. The highest BCUT2D eigenvalue weighted by atomic mass is 19.4. The topological polar surface area (TPSA) is 55.1 Å². The number of halogens is 3. The minimum Gasteiger partial charge on any atom is -0.344 e. The van der Waals surface area contributed by atoms with Crippen molar-refractivity contribution in [1.82, 2.24) is 5.32 Å². The summed E-state index contributed by atoms with van der Waals surface area (Å²) in [5.41, 5.74) is 6.71. The summed E-state index contributed by atoms with van der Waals surface area (Å²) >= 11 is 0. The van der Waals surface area contributed by atoms with Crippen molar-refractivity contribution < 1.29 is 18.0 Å². The number of nitrogens with one attached hydrogen (secondary N) is 1. The molecule has 0 unspecified atom stereocenters. The molecule has 0 heterocycles. The highest BCUT2D eigenvalue weighted by Gasteiger charge is 2.38. The maximum absolute atomic E-state index is 11.9. The highest BCUT2D eigenvalue weighted by Crippen LogP contribution is 2.15. The van der Waals surface area contributed by atoms with Gasteiger partial charge in [-0.3, -0.25) is 4.79 Å². The maximum Gasteiger partial charge on any atom is 0.471 e. The Morgan fingerprint density at radius 3 is 2.31 bits per heavy atom. The van der Waals surface area contributed by atoms with Crippen LogP contribution in [0.3, 0.4) is 0 Å². The molecule has 6 heteroatoms. The number of hydrogen-bond acceptors (Lipinski definition) is 2. The van der Waals surface area contributed by atoms with E-state index in [1.165, 1.54) is 0 Å². The molecule has 16 heavy (non-hydrogen) atoms. The normalized spacial score (nSPS) is 11.2. The molecule has 0 atom stereocenters. The van der Waals surface area contributed by atoms with Crippen molar-refractivity contribution in [3.05, 3.63) is 35.4 Å². The Kier molecular flexibility index (Phi) is 3.89. The van der Waals surface area contributed by atoms with Gasteiger partial charge in [-0.1, -0.05) is 24.3 Å². The van der Waals surface area contributed by atoms with E-state index in [0.29, 0.717) is 11.1 Å². The average Bonchev–Trinajstić information content (AvgIpc) is 2.24. The van der Waals surface area contributed by atoms with E-state index in [4.69, 9.17) is 5.73 Å². The SMILES string of the molecule is NCc1ccccc1CNC(=O)C(F)(F)F. The summed E-state index contributed by atoms with van der Waals surface area (Å²) < 4.78 is 35.7. The van der Waals surface area contributed by atoms with Crippen LogP contribution in [-0.2, 0) is 17.9 Å². The number of alkyl halides is 3. The monoisotopic (exact) mass is 232 g/mol. The number of rotatable bonds is 3. The second kappa shape index (κ2) is 4.98. The van der Waals surface area contributed by atoms with Crippen molar-refractivity contribution in [1.29, 1.82) is 0 Å². The fourth-order valence-corrected chi connectivity index (χ4v) is 1.20. The molecule has 0 saturated carbocycles. The Labute approximate surface area is 90.4 Å². The van der Waals surface area contributed by atoms with Crippen molar-refractivity contribution in [2.45, 2.75) is 19.3 Å². The summed E-state index contributed by atoms with van der Waals surface area (Å²) in [7, 11) is 0. The zero-order valence-electron chi connectivity index (χ0n) is 8.34. The largest absolute Gasteiger partial charge is 0.471 e. The van der Waals surface area contributed by atoms with Gasteiger partial charge in [0, 0.05) is 13.1 Å². The Balaban J connectivity index is 2.65. The van der Waals surface area contributed by atoms with Gasteiger partial charge in [-0.15, -0.1) is 0 Å². The zero-order valence-corrected chi connectivity index (χ0v) is 8.34. The minimum absolute atomic E-state index is 0.175. The zero-order chi connectivity index (χ0) is 12.2. The van der Waals surface area contributed by atoms with Gasteiger partial charge >= 0.3 is 12.1 Å². The fraction of sp³-hybridized carbons (Fsp3) is 0.300. The van der Waals surface area contributed by atoms with E-state index in [1.807, 2.05) is 0 Å². The van der Waals surface area contributed by atoms with Gasteiger partial charge in [0.05, 0.1) is 0 Å². The molecule has 3 nitrogen and oxygen atoms in total. The quantitative estimate of drug-likeness (QED) is 0.825. The number of benzene rings is 1. The lowest BCUT2D eigenvalue weighted by Gasteiger charge is -2.10. The Morgan fingerprint density at radius 2 is 1.81 bits per heavy atom. The van der Waals surface area contributed by atoms with Crippen molar-refractivity contribution in [2.75, 3.05) is 0 Å². The van der Waals surface area contributed by atoms with E-state index >= 15 is 0 Å². The van der Waals surface area contributed by atoms with Gasteiger partial charge in [-0.25, -0.2) is 0 Å². The average molecular weight is 232 g/mol. The van der Waals surface area contributed by atoms with Gasteiger partial charge in [0.1, 0.15) is 0 Å². The fourth-order valence-electron chi connectivity index (χ4n) is 1.20. The summed E-state index contributed by atoms with van der Waals surface area (Å²) in [5.74, 6) is -1.95. The first-order valence-electron chi connectivity index (χ1n) is 4.57. The standard InChI is InChI=1S/C10H11F3N2O/c11-10(12,13)9(16)15-6-8-4-2-1-3-7(8)5-14/h1-4H,5-6,14H2,(H,15,16). The second-order valence-electron chi connectivity index (χ2n) is 3.15. The molecule has 0 aliphatic carbocycles. The Morgan fingerprint density at radius 1 is 1.25 bits per heavy atom. The molecule has 0 bridgehead atoms. The van der Waals surface area contributed by atoms with Gasteiger partial charge < -0.3 is 11.1 Å². The molecule has 1 rings (SSSR count). The molecule has 0 radical (unpaired) electrons. The van der Waals surface area contributed by atoms with Gasteiger partial charge in [0.2, 0.25) is 0 Å². The van der Waals surface area contributed by atoms with E-state index in [0.717, 1.165) is 0 Å². The van der Waals surface area contributed by atoms with Crippen molar-refractivity contribution >= 4 is 5.91 Å². The number of carbonyl (C=O) groups is 1. The van der Waals surface area contributed by atoms with Crippen LogP contribution in [0.5, 0.6) is 0 Å². The molecule has 0 aliphatic rings. The smallest absolute Gasteiger partial charge is 0.344 e. The van der Waals surface area contributed by atoms with Crippen LogP contribution in [0, 0.1) is 0 Å². The molecule has 1 amide bonds. The molecule has 88 valence electrons. The van der Waals surface area contributed by atoms with Crippen LogP contribution in [0.1, 0.15) is 11.1 Å². The minimum atomic E-state index is -4.85. The first kappa shape index (κ1) is 12.5. The molecule has 3 N–H and O–H groups in total. The molecule has 0 aliphatic heterocycles. The summed E-state index contributed by atoms with van der Waals surface area (Å²) in [6, 6.07) is 6.74. The molecular formula is C10H11F3N2O. The first-order valence-corrected chi connectivity index (χ1v) is 4.57. The predicted molar refractivity (Wildman–Crippen MR) is 52.2 cm³/mol. The molecule has 0 saturated heterocycles. The second-order valence-corrected chi connectivity index (χ2v) is 3.15. The summed E-state index contributed by atoms with van der Waals surface area (Å²) in [6.45, 7) is 0.0454. The summed E-state index contributed by atoms with van der Waals surface area (Å²) in [4.78, 5) is 10.6. The van der Waals surface area contributed by atoms with Crippen molar-refractivity contribution in [3.63, 3.8) is 0 Å². The Hall–Kier alpha value is -1.56. The predicted octanol–water partition coefficient (Wildman–Crippen LogP) is 1.32. The third kappa shape index (κ3) is 3.23. The molecule has 1 aromatic rings. The molecule has 1 aromatic carbocycles. The van der Waals surface area contributed by atoms with E-state index in [2.05, 4.69) is 0 Å². The van der Waals surface area contributed by atoms with E-state index in [9.17, 15) is 18.0 Å². The number of carbonyl (C=O) groups excluding carboxylic acids is 1. The van der Waals surface area contributed by atoms with Crippen molar-refractivity contribution in [3.8, 4) is 0 Å². The molecule has 0 fully saturated rings. The summed E-state index contributed by atoms with van der Waals surface area (Å²) in [5, 5.41) is 1.79. The van der Waals surface area contributed by atoms with Gasteiger partial charge in [0.25, 0.3) is 0 Å². The lowest BCUT2D eigenvalue weighted by molar-refractivity contribution is -0.173. The molecular weight excluding hydrogens is 221 g/mol. The van der Waals surface area contributed by atoms with Gasteiger partial charge in [0.15, 0.2) is 0 Å². The van der Waals surface area contributed by atoms with Gasteiger partial charge in [-0.05, 0) is 11.1 Å². The van der Waals surface area contributed by atoms with Crippen molar-refractivity contribution in [2.24, 2.45) is 5.73 Å². The number of hydrogen-bond donors (Lipinski definition) is 2. The van der Waals surface area contributed by atoms with E-state index in [-0.39, 0.29) is 13.1 Å². The van der Waals surface area contributed by atoms with E-state index in [1.54, 1.807) is 29.6 Å². The number of nitrogens with two attached hydrogens (primary N) is 1. The maximum atomic E-state index is 11.9. The molecule has 0 spiro atoms. The first-order chi connectivity index (χ1) is 7.45. The Bertz CT molecular complexity index is 377. The van der Waals surface area contributed by atoms with Crippen LogP contribution < -0.4 is 11.1 Å². The van der Waals surface area contributed by atoms with E-state index < -0.39 is 12.1 Å². The van der Waals surface area contributed by atoms with Gasteiger partial charge in [-0.2, -0.15) is 13.2 Å². The van der Waals surface area contributed by atoms with Crippen LogP contribution in [0.15, 0.2) is 24.3 Å². The third-order valence-electron chi connectivity index (χ3n) is 2.04. The van der Waals surface area contributed by atoms with Crippen LogP contribution in [0.2, 0.25) is 0 Å². The number of amides is 1. The molecule has 0 aromatic heterocycles.